The first-order valence-corrected chi connectivity index (χ1v) is 6.58. The maximum absolute atomic E-state index is 6.09. The summed E-state index contributed by atoms with van der Waals surface area (Å²) < 4.78 is 2.10. The summed E-state index contributed by atoms with van der Waals surface area (Å²) in [5.41, 5.74) is 8.34. The highest BCUT2D eigenvalue weighted by Gasteiger charge is 2.07. The number of nitrogens with two attached hydrogens (primary N) is 1. The molecule has 2 rings (SSSR count). The van der Waals surface area contributed by atoms with Gasteiger partial charge in [-0.25, -0.2) is 0 Å². The van der Waals surface area contributed by atoms with Crippen molar-refractivity contribution in [2.45, 2.75) is 32.4 Å². The van der Waals surface area contributed by atoms with Crippen molar-refractivity contribution in [2.24, 2.45) is 5.73 Å². The van der Waals surface area contributed by atoms with E-state index >= 15 is 0 Å². The lowest BCUT2D eigenvalue weighted by Crippen LogP contribution is -2.08. The van der Waals surface area contributed by atoms with Gasteiger partial charge in [0.25, 0.3) is 0 Å². The molecular formula is C14H18ClN3. The molecule has 0 aliphatic rings. The highest BCUT2D eigenvalue weighted by molar-refractivity contribution is 6.31. The number of nitrogens with zero attached hydrogens (tertiary/aromatic N) is 2. The molecule has 2 aromatic heterocycles. The third-order valence-corrected chi connectivity index (χ3v) is 3.35. The fraction of sp³-hybridized carbons (Fsp3) is 0.357. The Bertz CT molecular complexity index is 507. The summed E-state index contributed by atoms with van der Waals surface area (Å²) in [6, 6.07) is 4.15. The predicted molar refractivity (Wildman–Crippen MR) is 74.6 cm³/mol. The molecule has 0 fully saturated rings. The molecule has 3 nitrogen and oxygen atoms in total. The highest BCUT2D eigenvalue weighted by atomic mass is 35.5. The van der Waals surface area contributed by atoms with Crippen molar-refractivity contribution < 1.29 is 0 Å². The standard InChI is InChI=1S/C14H18ClN3/c1-2-3-14(16)12-5-7-18(10-12)9-11-4-6-17-8-13(11)15/h4-8,10,14H,2-3,9,16H2,1H3. The van der Waals surface area contributed by atoms with Gasteiger partial charge in [0.05, 0.1) is 5.02 Å². The zero-order valence-electron chi connectivity index (χ0n) is 10.5. The maximum atomic E-state index is 6.09. The van der Waals surface area contributed by atoms with Gasteiger partial charge in [-0.15, -0.1) is 0 Å². The Labute approximate surface area is 113 Å². The summed E-state index contributed by atoms with van der Waals surface area (Å²) in [4.78, 5) is 3.98. The van der Waals surface area contributed by atoms with Crippen LogP contribution in [0.15, 0.2) is 36.9 Å². The Kier molecular flexibility index (Phi) is 4.39. The van der Waals surface area contributed by atoms with E-state index in [0.29, 0.717) is 5.02 Å². The summed E-state index contributed by atoms with van der Waals surface area (Å²) in [5.74, 6) is 0. The Morgan fingerprint density at radius 1 is 1.44 bits per heavy atom. The van der Waals surface area contributed by atoms with Gasteiger partial charge in [0, 0.05) is 37.4 Å². The Morgan fingerprint density at radius 3 is 3.00 bits per heavy atom. The number of pyridine rings is 1. The second-order valence-corrected chi connectivity index (χ2v) is 4.89. The minimum absolute atomic E-state index is 0.129. The van der Waals surface area contributed by atoms with E-state index in [1.165, 1.54) is 5.56 Å². The van der Waals surface area contributed by atoms with E-state index in [1.54, 1.807) is 12.4 Å². The van der Waals surface area contributed by atoms with Crippen LogP contribution in [0.1, 0.15) is 36.9 Å². The van der Waals surface area contributed by atoms with Crippen LogP contribution in [0.4, 0.5) is 0 Å². The minimum Gasteiger partial charge on any atom is -0.350 e. The van der Waals surface area contributed by atoms with Crippen molar-refractivity contribution in [2.75, 3.05) is 0 Å². The van der Waals surface area contributed by atoms with Crippen molar-refractivity contribution in [1.29, 1.82) is 0 Å². The molecule has 0 bridgehead atoms. The van der Waals surface area contributed by atoms with Crippen LogP contribution >= 0.6 is 11.6 Å². The summed E-state index contributed by atoms with van der Waals surface area (Å²) >= 11 is 6.09. The molecule has 0 spiro atoms. The molecule has 0 radical (unpaired) electrons. The first-order chi connectivity index (χ1) is 8.70. The molecule has 4 heteroatoms. The largest absolute Gasteiger partial charge is 0.350 e. The van der Waals surface area contributed by atoms with Gasteiger partial charge in [-0.3, -0.25) is 4.98 Å². The summed E-state index contributed by atoms with van der Waals surface area (Å²) in [5, 5.41) is 0.700. The second-order valence-electron chi connectivity index (χ2n) is 4.48. The molecule has 96 valence electrons. The van der Waals surface area contributed by atoms with E-state index in [0.717, 1.165) is 24.9 Å². The van der Waals surface area contributed by atoms with Crippen molar-refractivity contribution in [3.05, 3.63) is 53.1 Å². The summed E-state index contributed by atoms with van der Waals surface area (Å²) in [6.07, 6.45) is 9.68. The molecule has 1 unspecified atom stereocenters. The number of hydrogen-bond acceptors (Lipinski definition) is 2. The quantitative estimate of drug-likeness (QED) is 0.899. The van der Waals surface area contributed by atoms with Crippen LogP contribution in [0.2, 0.25) is 5.02 Å². The van der Waals surface area contributed by atoms with Gasteiger partial charge in [-0.1, -0.05) is 24.9 Å². The smallest absolute Gasteiger partial charge is 0.0639 e. The molecule has 2 heterocycles. The van der Waals surface area contributed by atoms with Crippen LogP contribution in [-0.2, 0) is 6.54 Å². The average molecular weight is 264 g/mol. The van der Waals surface area contributed by atoms with Crippen LogP contribution in [0, 0.1) is 0 Å². The van der Waals surface area contributed by atoms with E-state index in [2.05, 4.69) is 28.7 Å². The van der Waals surface area contributed by atoms with Crippen molar-refractivity contribution in [1.82, 2.24) is 9.55 Å². The van der Waals surface area contributed by atoms with Crippen LogP contribution in [0.25, 0.3) is 0 Å². The average Bonchev–Trinajstić information content (AvgIpc) is 2.81. The lowest BCUT2D eigenvalue weighted by atomic mass is 10.1. The zero-order chi connectivity index (χ0) is 13.0. The van der Waals surface area contributed by atoms with E-state index in [9.17, 15) is 0 Å². The maximum Gasteiger partial charge on any atom is 0.0639 e. The first kappa shape index (κ1) is 13.1. The third kappa shape index (κ3) is 3.12. The molecule has 0 aromatic carbocycles. The lowest BCUT2D eigenvalue weighted by molar-refractivity contribution is 0.636. The number of rotatable bonds is 5. The molecule has 2 N–H and O–H groups in total. The molecule has 18 heavy (non-hydrogen) atoms. The van der Waals surface area contributed by atoms with Gasteiger partial charge in [0.2, 0.25) is 0 Å². The van der Waals surface area contributed by atoms with E-state index in [1.807, 2.05) is 12.3 Å². The van der Waals surface area contributed by atoms with Crippen LogP contribution in [0.3, 0.4) is 0 Å². The molecule has 0 saturated carbocycles. The molecule has 0 aliphatic carbocycles. The molecule has 2 aromatic rings. The Hall–Kier alpha value is -1.32. The van der Waals surface area contributed by atoms with Crippen molar-refractivity contribution in [3.63, 3.8) is 0 Å². The van der Waals surface area contributed by atoms with Crippen LogP contribution in [-0.4, -0.2) is 9.55 Å². The number of aromatic nitrogens is 2. The predicted octanol–water partition coefficient (Wildman–Crippen LogP) is 3.38. The van der Waals surface area contributed by atoms with Gasteiger partial charge in [0.15, 0.2) is 0 Å². The van der Waals surface area contributed by atoms with Crippen molar-refractivity contribution >= 4 is 11.6 Å². The normalized spacial score (nSPS) is 12.6. The van der Waals surface area contributed by atoms with E-state index < -0.39 is 0 Å². The van der Waals surface area contributed by atoms with Gasteiger partial charge in [0.1, 0.15) is 0 Å². The van der Waals surface area contributed by atoms with Gasteiger partial charge < -0.3 is 10.3 Å². The van der Waals surface area contributed by atoms with Crippen LogP contribution in [0.5, 0.6) is 0 Å². The topological polar surface area (TPSA) is 43.8 Å². The van der Waals surface area contributed by atoms with Gasteiger partial charge in [-0.2, -0.15) is 0 Å². The fourth-order valence-corrected chi connectivity index (χ4v) is 2.16. The molecule has 0 saturated heterocycles. The van der Waals surface area contributed by atoms with E-state index in [-0.39, 0.29) is 6.04 Å². The molecule has 0 aliphatic heterocycles. The summed E-state index contributed by atoms with van der Waals surface area (Å²) in [7, 11) is 0. The first-order valence-electron chi connectivity index (χ1n) is 6.20. The molecule has 0 amide bonds. The lowest BCUT2D eigenvalue weighted by Gasteiger charge is -2.08. The number of hydrogen-bond donors (Lipinski definition) is 1. The van der Waals surface area contributed by atoms with Crippen LogP contribution < -0.4 is 5.73 Å². The zero-order valence-corrected chi connectivity index (χ0v) is 11.3. The molecule has 1 atom stereocenters. The Morgan fingerprint density at radius 2 is 2.28 bits per heavy atom. The molecular weight excluding hydrogens is 246 g/mol. The fourth-order valence-electron chi connectivity index (χ4n) is 1.98. The third-order valence-electron chi connectivity index (χ3n) is 3.01. The van der Waals surface area contributed by atoms with Gasteiger partial charge >= 0.3 is 0 Å². The monoisotopic (exact) mass is 263 g/mol. The second kappa shape index (κ2) is 6.03. The number of halogens is 1. The highest BCUT2D eigenvalue weighted by Crippen LogP contribution is 2.19. The Balaban J connectivity index is 2.09. The van der Waals surface area contributed by atoms with E-state index in [4.69, 9.17) is 17.3 Å². The summed E-state index contributed by atoms with van der Waals surface area (Å²) in [6.45, 7) is 2.90. The van der Waals surface area contributed by atoms with Gasteiger partial charge in [-0.05, 0) is 29.7 Å². The minimum atomic E-state index is 0.129. The van der Waals surface area contributed by atoms with Crippen molar-refractivity contribution in [3.8, 4) is 0 Å². The SMILES string of the molecule is CCCC(N)c1ccn(Cc2ccncc2Cl)c1.